The van der Waals surface area contributed by atoms with Crippen LogP contribution in [0.4, 0.5) is 0 Å². The van der Waals surface area contributed by atoms with Gasteiger partial charge in [0.1, 0.15) is 0 Å². The van der Waals surface area contributed by atoms with Crippen molar-refractivity contribution in [2.45, 2.75) is 47.0 Å². The van der Waals surface area contributed by atoms with Gasteiger partial charge in [0.05, 0.1) is 5.71 Å². The first-order valence-electron chi connectivity index (χ1n) is 7.80. The van der Waals surface area contributed by atoms with Gasteiger partial charge < -0.3 is 4.98 Å². The lowest BCUT2D eigenvalue weighted by molar-refractivity contribution is 0.0955. The van der Waals surface area contributed by atoms with Gasteiger partial charge in [0.15, 0.2) is 0 Å². The van der Waals surface area contributed by atoms with Crippen molar-refractivity contribution >= 4 is 11.6 Å². The van der Waals surface area contributed by atoms with Crippen LogP contribution >= 0.6 is 0 Å². The number of carbonyl (C=O) groups excluding carboxylic acids is 1. The van der Waals surface area contributed by atoms with E-state index in [1.807, 2.05) is 51.2 Å². The van der Waals surface area contributed by atoms with Crippen molar-refractivity contribution in [3.05, 3.63) is 58.4 Å². The van der Waals surface area contributed by atoms with Crippen LogP contribution in [0.15, 0.2) is 35.6 Å². The minimum absolute atomic E-state index is 0.0765. The summed E-state index contributed by atoms with van der Waals surface area (Å²) in [5.74, 6) is -0.198. The number of benzene rings is 1. The molecule has 4 nitrogen and oxygen atoms in total. The molecule has 0 fully saturated rings. The van der Waals surface area contributed by atoms with Crippen molar-refractivity contribution < 1.29 is 4.79 Å². The number of rotatable bonds is 3. The SMILES string of the molecule is C/C(=N\NC(=O)c1ccc(C(C)(C)C)cc1)c1c(C)c[nH]c1C. The van der Waals surface area contributed by atoms with Gasteiger partial charge in [-0.2, -0.15) is 5.10 Å². The zero-order valence-corrected chi connectivity index (χ0v) is 14.7. The molecule has 0 aliphatic heterocycles. The number of nitrogens with zero attached hydrogens (tertiary/aromatic N) is 1. The van der Waals surface area contributed by atoms with E-state index in [1.165, 1.54) is 5.56 Å². The van der Waals surface area contributed by atoms with Crippen molar-refractivity contribution in [3.8, 4) is 0 Å². The summed E-state index contributed by atoms with van der Waals surface area (Å²) in [4.78, 5) is 15.4. The maximum Gasteiger partial charge on any atom is 0.271 e. The van der Waals surface area contributed by atoms with Crippen molar-refractivity contribution in [3.63, 3.8) is 0 Å². The van der Waals surface area contributed by atoms with Crippen LogP contribution < -0.4 is 5.43 Å². The Hall–Kier alpha value is -2.36. The molecular weight excluding hydrogens is 286 g/mol. The Bertz CT molecular complexity index is 711. The number of aryl methyl sites for hydroxylation is 2. The molecule has 2 N–H and O–H groups in total. The quantitative estimate of drug-likeness (QED) is 0.651. The minimum atomic E-state index is -0.198. The summed E-state index contributed by atoms with van der Waals surface area (Å²) in [6.45, 7) is 12.4. The van der Waals surface area contributed by atoms with Crippen LogP contribution in [-0.4, -0.2) is 16.6 Å². The van der Waals surface area contributed by atoms with Crippen molar-refractivity contribution in [1.29, 1.82) is 0 Å². The molecule has 23 heavy (non-hydrogen) atoms. The predicted molar refractivity (Wildman–Crippen MR) is 95.1 cm³/mol. The lowest BCUT2D eigenvalue weighted by atomic mass is 9.87. The highest BCUT2D eigenvalue weighted by molar-refractivity contribution is 6.02. The van der Waals surface area contributed by atoms with E-state index in [9.17, 15) is 4.79 Å². The third-order valence-electron chi connectivity index (χ3n) is 3.97. The van der Waals surface area contributed by atoms with Gasteiger partial charge >= 0.3 is 0 Å². The maximum absolute atomic E-state index is 12.2. The molecule has 1 heterocycles. The van der Waals surface area contributed by atoms with E-state index in [0.29, 0.717) is 5.56 Å². The van der Waals surface area contributed by atoms with E-state index in [4.69, 9.17) is 0 Å². The second-order valence-corrected chi connectivity index (χ2v) is 6.94. The molecule has 1 amide bonds. The van der Waals surface area contributed by atoms with E-state index in [-0.39, 0.29) is 11.3 Å². The van der Waals surface area contributed by atoms with Gasteiger partial charge in [-0.3, -0.25) is 4.79 Å². The highest BCUT2D eigenvalue weighted by Gasteiger charge is 2.14. The molecule has 122 valence electrons. The highest BCUT2D eigenvalue weighted by atomic mass is 16.2. The summed E-state index contributed by atoms with van der Waals surface area (Å²) in [5, 5.41) is 4.23. The molecule has 0 spiro atoms. The number of amides is 1. The molecule has 0 bridgehead atoms. The third-order valence-corrected chi connectivity index (χ3v) is 3.97. The first-order valence-corrected chi connectivity index (χ1v) is 7.80. The summed E-state index contributed by atoms with van der Waals surface area (Å²) >= 11 is 0. The summed E-state index contributed by atoms with van der Waals surface area (Å²) in [7, 11) is 0. The number of aromatic amines is 1. The highest BCUT2D eigenvalue weighted by Crippen LogP contribution is 2.22. The second kappa shape index (κ2) is 6.41. The number of hydrazone groups is 1. The van der Waals surface area contributed by atoms with Gasteiger partial charge in [0.2, 0.25) is 0 Å². The average Bonchev–Trinajstić information content (AvgIpc) is 2.83. The molecular formula is C19H25N3O. The molecule has 2 aromatic rings. The van der Waals surface area contributed by atoms with Crippen molar-refractivity contribution in [2.24, 2.45) is 5.10 Å². The third kappa shape index (κ3) is 3.89. The first-order chi connectivity index (χ1) is 10.7. The van der Waals surface area contributed by atoms with Crippen LogP contribution in [0.3, 0.4) is 0 Å². The molecule has 0 atom stereocenters. The first kappa shape index (κ1) is 17.0. The number of aromatic nitrogens is 1. The van der Waals surface area contributed by atoms with Gasteiger partial charge in [-0.1, -0.05) is 32.9 Å². The van der Waals surface area contributed by atoms with Gasteiger partial charge in [-0.15, -0.1) is 0 Å². The van der Waals surface area contributed by atoms with Crippen LogP contribution in [0.1, 0.15) is 60.4 Å². The van der Waals surface area contributed by atoms with Crippen LogP contribution in [0.5, 0.6) is 0 Å². The molecule has 1 aromatic heterocycles. The molecule has 0 unspecified atom stereocenters. The van der Waals surface area contributed by atoms with E-state index in [1.54, 1.807) is 0 Å². The standard InChI is InChI=1S/C19H25N3O/c1-12-11-20-13(2)17(12)14(3)21-22-18(23)15-7-9-16(10-8-15)19(4,5)6/h7-11,20H,1-6H3,(H,22,23)/b21-14+. The molecule has 0 saturated carbocycles. The molecule has 0 aliphatic carbocycles. The van der Waals surface area contributed by atoms with E-state index < -0.39 is 0 Å². The summed E-state index contributed by atoms with van der Waals surface area (Å²) in [6.07, 6.45) is 1.94. The number of H-pyrrole nitrogens is 1. The number of hydrogen-bond acceptors (Lipinski definition) is 2. The Morgan fingerprint density at radius 3 is 2.22 bits per heavy atom. The van der Waals surface area contributed by atoms with Gasteiger partial charge in [0.25, 0.3) is 5.91 Å². The van der Waals surface area contributed by atoms with Crippen LogP contribution in [0, 0.1) is 13.8 Å². The molecule has 1 aromatic carbocycles. The lowest BCUT2D eigenvalue weighted by Crippen LogP contribution is -2.20. The smallest absolute Gasteiger partial charge is 0.271 e. The molecule has 2 rings (SSSR count). The fourth-order valence-corrected chi connectivity index (χ4v) is 2.59. The zero-order valence-electron chi connectivity index (χ0n) is 14.7. The van der Waals surface area contributed by atoms with Crippen LogP contribution in [0.25, 0.3) is 0 Å². The van der Waals surface area contributed by atoms with Crippen LogP contribution in [0.2, 0.25) is 0 Å². The Labute approximate surface area is 138 Å². The fourth-order valence-electron chi connectivity index (χ4n) is 2.59. The molecule has 0 radical (unpaired) electrons. The second-order valence-electron chi connectivity index (χ2n) is 6.94. The fraction of sp³-hybridized carbons (Fsp3) is 0.368. The van der Waals surface area contributed by atoms with E-state index in [2.05, 4.69) is 36.3 Å². The van der Waals surface area contributed by atoms with E-state index in [0.717, 1.165) is 22.5 Å². The number of carbonyl (C=O) groups is 1. The minimum Gasteiger partial charge on any atom is -0.364 e. The monoisotopic (exact) mass is 311 g/mol. The van der Waals surface area contributed by atoms with Crippen molar-refractivity contribution in [2.75, 3.05) is 0 Å². The largest absolute Gasteiger partial charge is 0.364 e. The van der Waals surface area contributed by atoms with Gasteiger partial charge in [0, 0.05) is 23.0 Å². The Morgan fingerprint density at radius 2 is 1.74 bits per heavy atom. The Kier molecular flexibility index (Phi) is 4.73. The zero-order chi connectivity index (χ0) is 17.2. The topological polar surface area (TPSA) is 57.2 Å². The van der Waals surface area contributed by atoms with Crippen molar-refractivity contribution in [1.82, 2.24) is 10.4 Å². The number of hydrogen-bond donors (Lipinski definition) is 2. The lowest BCUT2D eigenvalue weighted by Gasteiger charge is -2.18. The van der Waals surface area contributed by atoms with Gasteiger partial charge in [-0.25, -0.2) is 5.43 Å². The molecule has 0 aliphatic rings. The normalized spacial score (nSPS) is 12.3. The number of nitrogens with one attached hydrogen (secondary N) is 2. The maximum atomic E-state index is 12.2. The summed E-state index contributed by atoms with van der Waals surface area (Å²) in [6, 6.07) is 7.67. The summed E-state index contributed by atoms with van der Waals surface area (Å²) < 4.78 is 0. The predicted octanol–water partition coefficient (Wildman–Crippen LogP) is 4.08. The Balaban J connectivity index is 2.12. The van der Waals surface area contributed by atoms with Gasteiger partial charge in [-0.05, 0) is 49.4 Å². The Morgan fingerprint density at radius 1 is 1.13 bits per heavy atom. The van der Waals surface area contributed by atoms with Crippen LogP contribution in [-0.2, 0) is 5.41 Å². The molecule has 0 saturated heterocycles. The molecule has 4 heteroatoms. The van der Waals surface area contributed by atoms with E-state index >= 15 is 0 Å². The average molecular weight is 311 g/mol. The summed E-state index contributed by atoms with van der Waals surface area (Å²) in [5.41, 5.74) is 8.53.